The average molecular weight is 695 g/mol. The molecule has 2 nitrogen and oxygen atoms in total. The maximum atomic E-state index is 6.66. The molecule has 0 N–H and O–H groups in total. The summed E-state index contributed by atoms with van der Waals surface area (Å²) in [6.45, 7) is 2.23. The van der Waals surface area contributed by atoms with Gasteiger partial charge in [0.1, 0.15) is 22.7 Å². The molecular formula is C52H38O2. The van der Waals surface area contributed by atoms with E-state index in [1.807, 2.05) is 12.1 Å². The molecule has 0 saturated heterocycles. The molecule has 0 spiro atoms. The smallest absolute Gasteiger partial charge is 0.138 e. The van der Waals surface area contributed by atoms with Crippen molar-refractivity contribution in [1.29, 1.82) is 0 Å². The number of benzene rings is 7. The Morgan fingerprint density at radius 3 is 1.98 bits per heavy atom. The van der Waals surface area contributed by atoms with Gasteiger partial charge >= 0.3 is 0 Å². The van der Waals surface area contributed by atoms with Crippen molar-refractivity contribution in [1.82, 2.24) is 0 Å². The summed E-state index contributed by atoms with van der Waals surface area (Å²) >= 11 is 0. The molecule has 1 aromatic heterocycles. The molecule has 1 aliphatic carbocycles. The van der Waals surface area contributed by atoms with Crippen molar-refractivity contribution in [2.75, 3.05) is 0 Å². The van der Waals surface area contributed by atoms with Gasteiger partial charge in [0.2, 0.25) is 0 Å². The maximum Gasteiger partial charge on any atom is 0.138 e. The van der Waals surface area contributed by atoms with Crippen molar-refractivity contribution < 1.29 is 9.15 Å². The normalized spacial score (nSPS) is 18.8. The SMILES string of the molecule is C/C(=C\C=C1/Cc2ccc3cc4oc5ccccc5c4cc3c2O1)c1c2ccccc2c(/C2=C/C=C(/c3ccccc3)C/C=C\C=C/C2)c2ccccc12. The molecule has 2 heterocycles. The highest BCUT2D eigenvalue weighted by Crippen LogP contribution is 2.43. The Balaban J connectivity index is 1.06. The highest BCUT2D eigenvalue weighted by Gasteiger charge is 2.22. The molecule has 0 radical (unpaired) electrons. The number of hydrogen-bond acceptors (Lipinski definition) is 2. The van der Waals surface area contributed by atoms with Crippen LogP contribution in [0, 0.1) is 0 Å². The lowest BCUT2D eigenvalue weighted by atomic mass is 9.84. The van der Waals surface area contributed by atoms with E-state index in [4.69, 9.17) is 9.15 Å². The van der Waals surface area contributed by atoms with Gasteiger partial charge in [0.05, 0.1) is 0 Å². The quantitative estimate of drug-likeness (QED) is 0.171. The van der Waals surface area contributed by atoms with E-state index in [-0.39, 0.29) is 0 Å². The molecule has 2 aliphatic rings. The fourth-order valence-electron chi connectivity index (χ4n) is 8.40. The van der Waals surface area contributed by atoms with Crippen molar-refractivity contribution >= 4 is 71.0 Å². The Hall–Kier alpha value is -6.64. The molecule has 0 bridgehead atoms. The number of rotatable bonds is 4. The van der Waals surface area contributed by atoms with Crippen molar-refractivity contribution in [3.63, 3.8) is 0 Å². The molecule has 0 atom stereocenters. The second kappa shape index (κ2) is 13.4. The number of fused-ring (bicyclic) bond motifs is 8. The Labute approximate surface area is 315 Å². The first-order valence-electron chi connectivity index (χ1n) is 18.8. The largest absolute Gasteiger partial charge is 0.460 e. The van der Waals surface area contributed by atoms with E-state index in [1.165, 1.54) is 60.5 Å². The summed E-state index contributed by atoms with van der Waals surface area (Å²) in [7, 11) is 0. The van der Waals surface area contributed by atoms with Crippen LogP contribution in [0.3, 0.4) is 0 Å². The molecule has 54 heavy (non-hydrogen) atoms. The van der Waals surface area contributed by atoms with Crippen LogP contribution in [-0.4, -0.2) is 0 Å². The topological polar surface area (TPSA) is 22.4 Å². The van der Waals surface area contributed by atoms with E-state index < -0.39 is 0 Å². The summed E-state index contributed by atoms with van der Waals surface area (Å²) in [6, 6.07) is 45.5. The standard InChI is InChI=1S/C52H38O2/c1-34(25-30-40-31-39-29-28-38-32-49-47(33-46(38)52(39)53-40)41-19-13-14-24-48(41)54-49)50-42-20-9-11-22-44(42)51(45-23-12-10-21-43(45)50)37-18-6-3-2-5-17-36(26-27-37)35-15-7-4-8-16-35/h2-16,19-30,32-33H,17-18,31H2,1H3/b5-2-,6-3-,34-25+,36-26+,37-27+,40-30+. The summed E-state index contributed by atoms with van der Waals surface area (Å²) in [5.74, 6) is 1.90. The predicted octanol–water partition coefficient (Wildman–Crippen LogP) is 14.3. The predicted molar refractivity (Wildman–Crippen MR) is 229 cm³/mol. The van der Waals surface area contributed by atoms with E-state index in [0.717, 1.165) is 63.5 Å². The molecule has 0 fully saturated rings. The summed E-state index contributed by atoms with van der Waals surface area (Å²) in [5.41, 5.74) is 10.7. The first-order valence-corrected chi connectivity index (χ1v) is 18.8. The molecule has 258 valence electrons. The van der Waals surface area contributed by atoms with Crippen LogP contribution in [0.1, 0.15) is 42.0 Å². The van der Waals surface area contributed by atoms with Crippen LogP contribution in [0.4, 0.5) is 0 Å². The van der Waals surface area contributed by atoms with Crippen LogP contribution >= 0.6 is 0 Å². The zero-order chi connectivity index (χ0) is 36.0. The summed E-state index contributed by atoms with van der Waals surface area (Å²) < 4.78 is 12.8. The Morgan fingerprint density at radius 1 is 0.574 bits per heavy atom. The highest BCUT2D eigenvalue weighted by molar-refractivity contribution is 6.16. The van der Waals surface area contributed by atoms with Gasteiger partial charge in [0, 0.05) is 28.1 Å². The second-order valence-corrected chi connectivity index (χ2v) is 14.3. The van der Waals surface area contributed by atoms with Crippen LogP contribution in [0.15, 0.2) is 186 Å². The lowest BCUT2D eigenvalue weighted by Crippen LogP contribution is -1.95. The van der Waals surface area contributed by atoms with Gasteiger partial charge < -0.3 is 9.15 Å². The maximum absolute atomic E-state index is 6.66. The van der Waals surface area contributed by atoms with E-state index in [1.54, 1.807) is 0 Å². The molecule has 10 rings (SSSR count). The number of furan rings is 1. The van der Waals surface area contributed by atoms with Gasteiger partial charge in [-0.2, -0.15) is 0 Å². The van der Waals surface area contributed by atoms with Gasteiger partial charge in [-0.05, 0) is 104 Å². The lowest BCUT2D eigenvalue weighted by Gasteiger charge is -2.19. The highest BCUT2D eigenvalue weighted by atomic mass is 16.5. The van der Waals surface area contributed by atoms with Gasteiger partial charge in [-0.3, -0.25) is 0 Å². The zero-order valence-corrected chi connectivity index (χ0v) is 30.2. The first kappa shape index (κ1) is 32.0. The van der Waals surface area contributed by atoms with Crippen molar-refractivity contribution in [3.05, 3.63) is 204 Å². The summed E-state index contributed by atoms with van der Waals surface area (Å²) in [4.78, 5) is 0. The molecule has 0 amide bonds. The van der Waals surface area contributed by atoms with Gasteiger partial charge in [-0.1, -0.05) is 152 Å². The van der Waals surface area contributed by atoms with Crippen LogP contribution in [0.2, 0.25) is 0 Å². The van der Waals surface area contributed by atoms with Gasteiger partial charge in [-0.15, -0.1) is 0 Å². The van der Waals surface area contributed by atoms with Crippen LogP contribution in [0.25, 0.3) is 71.0 Å². The van der Waals surface area contributed by atoms with Gasteiger partial charge in [-0.25, -0.2) is 0 Å². The van der Waals surface area contributed by atoms with E-state index in [2.05, 4.69) is 171 Å². The van der Waals surface area contributed by atoms with Crippen molar-refractivity contribution in [3.8, 4) is 5.75 Å². The number of para-hydroxylation sites is 1. The summed E-state index contributed by atoms with van der Waals surface area (Å²) in [6.07, 6.45) is 20.5. The van der Waals surface area contributed by atoms with Crippen LogP contribution in [-0.2, 0) is 6.42 Å². The van der Waals surface area contributed by atoms with E-state index in [9.17, 15) is 0 Å². The first-order chi connectivity index (χ1) is 26.7. The summed E-state index contributed by atoms with van der Waals surface area (Å²) in [5, 5.41) is 9.53. The minimum absolute atomic E-state index is 0.759. The Morgan fingerprint density at radius 2 is 1.22 bits per heavy atom. The molecule has 8 aromatic rings. The lowest BCUT2D eigenvalue weighted by molar-refractivity contribution is 0.451. The third-order valence-corrected chi connectivity index (χ3v) is 11.0. The van der Waals surface area contributed by atoms with E-state index >= 15 is 0 Å². The number of hydrogen-bond donors (Lipinski definition) is 0. The molecular weight excluding hydrogens is 657 g/mol. The fourth-order valence-corrected chi connectivity index (χ4v) is 8.40. The monoisotopic (exact) mass is 694 g/mol. The molecule has 7 aromatic carbocycles. The minimum atomic E-state index is 0.759. The van der Waals surface area contributed by atoms with E-state index in [0.29, 0.717) is 0 Å². The van der Waals surface area contributed by atoms with Gasteiger partial charge in [0.25, 0.3) is 0 Å². The number of ether oxygens (including phenoxy) is 1. The van der Waals surface area contributed by atoms with Crippen LogP contribution < -0.4 is 4.74 Å². The minimum Gasteiger partial charge on any atom is -0.460 e. The van der Waals surface area contributed by atoms with Crippen molar-refractivity contribution in [2.45, 2.75) is 26.2 Å². The average Bonchev–Trinajstić information content (AvgIpc) is 3.81. The Bertz CT molecular complexity index is 2920. The molecule has 0 unspecified atom stereocenters. The third-order valence-electron chi connectivity index (χ3n) is 11.0. The molecule has 2 heteroatoms. The number of allylic oxidation sites excluding steroid dienone is 12. The molecule has 1 aliphatic heterocycles. The zero-order valence-electron chi connectivity index (χ0n) is 30.2. The Kier molecular flexibility index (Phi) is 7.95. The van der Waals surface area contributed by atoms with Gasteiger partial charge in [0.15, 0.2) is 0 Å². The second-order valence-electron chi connectivity index (χ2n) is 14.3. The third kappa shape index (κ3) is 5.59. The molecule has 0 saturated carbocycles. The van der Waals surface area contributed by atoms with Crippen LogP contribution in [0.5, 0.6) is 5.75 Å². The van der Waals surface area contributed by atoms with Crippen molar-refractivity contribution in [2.24, 2.45) is 0 Å². The fraction of sp³-hybridized carbons (Fsp3) is 0.0769.